The average molecular weight is 425 g/mol. The molecule has 0 spiro atoms. The standard InChI is InChI=1S/C20H29BrN2O3/c1-14-4-3-7-23(12-14)20(25)16-5-8-22(9-6-16)13-15-10-17(21)19(24)18(11-15)26-2/h10-11,14,16,24H,3-9,12-13H2,1-2H3/t14-/m1/s1. The van der Waals surface area contributed by atoms with Gasteiger partial charge in [0.05, 0.1) is 11.6 Å². The highest BCUT2D eigenvalue weighted by Gasteiger charge is 2.30. The number of rotatable bonds is 4. The van der Waals surface area contributed by atoms with Crippen LogP contribution in [0, 0.1) is 11.8 Å². The number of nitrogens with zero attached hydrogens (tertiary/aromatic N) is 2. The molecule has 1 atom stereocenters. The van der Waals surface area contributed by atoms with Gasteiger partial charge >= 0.3 is 0 Å². The van der Waals surface area contributed by atoms with Gasteiger partial charge in [-0.25, -0.2) is 0 Å². The van der Waals surface area contributed by atoms with Gasteiger partial charge < -0.3 is 14.7 Å². The maximum absolute atomic E-state index is 12.8. The topological polar surface area (TPSA) is 53.0 Å². The molecule has 2 aliphatic heterocycles. The quantitative estimate of drug-likeness (QED) is 0.801. The molecule has 0 saturated carbocycles. The Hall–Kier alpha value is -1.27. The van der Waals surface area contributed by atoms with Crippen LogP contribution in [0.15, 0.2) is 16.6 Å². The third-order valence-corrected chi connectivity index (χ3v) is 6.22. The van der Waals surface area contributed by atoms with Crippen LogP contribution in [0.2, 0.25) is 0 Å². The van der Waals surface area contributed by atoms with Crippen LogP contribution in [0.1, 0.15) is 38.2 Å². The van der Waals surface area contributed by atoms with Gasteiger partial charge in [0.2, 0.25) is 5.91 Å². The molecule has 26 heavy (non-hydrogen) atoms. The molecule has 2 aliphatic rings. The third kappa shape index (κ3) is 4.52. The summed E-state index contributed by atoms with van der Waals surface area (Å²) < 4.78 is 5.88. The van der Waals surface area contributed by atoms with Crippen LogP contribution in [0.4, 0.5) is 0 Å². The molecule has 1 aromatic carbocycles. The second kappa shape index (κ2) is 8.61. The molecule has 0 radical (unpaired) electrons. The molecule has 5 nitrogen and oxygen atoms in total. The maximum Gasteiger partial charge on any atom is 0.225 e. The minimum Gasteiger partial charge on any atom is -0.503 e. The Morgan fingerprint density at radius 1 is 1.27 bits per heavy atom. The van der Waals surface area contributed by atoms with Crippen LogP contribution < -0.4 is 4.74 Å². The van der Waals surface area contributed by atoms with Gasteiger partial charge in [-0.1, -0.05) is 6.92 Å². The van der Waals surface area contributed by atoms with E-state index in [4.69, 9.17) is 4.74 Å². The van der Waals surface area contributed by atoms with E-state index in [1.807, 2.05) is 12.1 Å². The van der Waals surface area contributed by atoms with E-state index in [-0.39, 0.29) is 11.7 Å². The largest absolute Gasteiger partial charge is 0.503 e. The monoisotopic (exact) mass is 424 g/mol. The summed E-state index contributed by atoms with van der Waals surface area (Å²) >= 11 is 3.38. The lowest BCUT2D eigenvalue weighted by atomic mass is 9.92. The number of likely N-dealkylation sites (tertiary alicyclic amines) is 2. The molecule has 6 heteroatoms. The van der Waals surface area contributed by atoms with E-state index in [0.717, 1.165) is 57.5 Å². The van der Waals surface area contributed by atoms with Crippen molar-refractivity contribution in [1.82, 2.24) is 9.80 Å². The molecular weight excluding hydrogens is 396 g/mol. The number of hydrogen-bond acceptors (Lipinski definition) is 4. The number of piperidine rings is 2. The fraction of sp³-hybridized carbons (Fsp3) is 0.650. The number of phenolic OH excluding ortho intramolecular Hbond substituents is 1. The van der Waals surface area contributed by atoms with Crippen molar-refractivity contribution in [2.24, 2.45) is 11.8 Å². The number of aromatic hydroxyl groups is 1. The summed E-state index contributed by atoms with van der Waals surface area (Å²) in [5, 5.41) is 9.94. The van der Waals surface area contributed by atoms with E-state index in [0.29, 0.717) is 22.0 Å². The number of hydrogen-bond donors (Lipinski definition) is 1. The third-order valence-electron chi connectivity index (χ3n) is 5.62. The van der Waals surface area contributed by atoms with Gasteiger partial charge in [-0.2, -0.15) is 0 Å². The number of methoxy groups -OCH3 is 1. The highest BCUT2D eigenvalue weighted by molar-refractivity contribution is 9.10. The average Bonchev–Trinajstić information content (AvgIpc) is 2.64. The van der Waals surface area contributed by atoms with Gasteiger partial charge in [0, 0.05) is 25.6 Å². The van der Waals surface area contributed by atoms with Gasteiger partial charge in [0.1, 0.15) is 0 Å². The predicted molar refractivity (Wildman–Crippen MR) is 105 cm³/mol. The molecule has 2 saturated heterocycles. The summed E-state index contributed by atoms with van der Waals surface area (Å²) in [5.41, 5.74) is 1.10. The Morgan fingerprint density at radius 3 is 2.65 bits per heavy atom. The molecular formula is C20H29BrN2O3. The van der Waals surface area contributed by atoms with Gasteiger partial charge in [-0.05, 0) is 78.3 Å². The molecule has 3 rings (SSSR count). The highest BCUT2D eigenvalue weighted by Crippen LogP contribution is 2.36. The summed E-state index contributed by atoms with van der Waals surface area (Å²) in [4.78, 5) is 17.3. The summed E-state index contributed by atoms with van der Waals surface area (Å²) in [6.45, 7) is 6.77. The second-order valence-corrected chi connectivity index (χ2v) is 8.56. The van der Waals surface area contributed by atoms with E-state index in [1.54, 1.807) is 7.11 Å². The van der Waals surface area contributed by atoms with E-state index >= 15 is 0 Å². The second-order valence-electron chi connectivity index (χ2n) is 7.71. The fourth-order valence-electron chi connectivity index (χ4n) is 4.12. The number of amides is 1. The molecule has 2 fully saturated rings. The maximum atomic E-state index is 12.8. The minimum absolute atomic E-state index is 0.135. The van der Waals surface area contributed by atoms with Crippen molar-refractivity contribution in [2.45, 2.75) is 39.2 Å². The Kier molecular flexibility index (Phi) is 6.46. The zero-order valence-electron chi connectivity index (χ0n) is 15.7. The van der Waals surface area contributed by atoms with E-state index in [1.165, 1.54) is 6.42 Å². The summed E-state index contributed by atoms with van der Waals surface area (Å²) in [6, 6.07) is 3.82. The van der Waals surface area contributed by atoms with Crippen LogP contribution in [-0.4, -0.2) is 54.1 Å². The van der Waals surface area contributed by atoms with Crippen molar-refractivity contribution in [3.05, 3.63) is 22.2 Å². The van der Waals surface area contributed by atoms with E-state index < -0.39 is 0 Å². The summed E-state index contributed by atoms with van der Waals surface area (Å²) in [6.07, 6.45) is 4.25. The van der Waals surface area contributed by atoms with Gasteiger partial charge in [0.25, 0.3) is 0 Å². The Morgan fingerprint density at radius 2 is 2.00 bits per heavy atom. The molecule has 0 aliphatic carbocycles. The van der Waals surface area contributed by atoms with Crippen LogP contribution >= 0.6 is 15.9 Å². The molecule has 0 aromatic heterocycles. The zero-order valence-corrected chi connectivity index (χ0v) is 17.3. The first-order chi connectivity index (χ1) is 12.5. The first-order valence-electron chi connectivity index (χ1n) is 9.54. The SMILES string of the molecule is COc1cc(CN2CCC(C(=O)N3CCC[C@@H](C)C3)CC2)cc(Br)c1O. The lowest BCUT2D eigenvalue weighted by Crippen LogP contribution is -2.45. The molecule has 0 bridgehead atoms. The number of benzene rings is 1. The molecule has 1 aromatic rings. The van der Waals surface area contributed by atoms with Crippen molar-refractivity contribution in [3.8, 4) is 11.5 Å². The molecule has 1 amide bonds. The molecule has 2 heterocycles. The van der Waals surface area contributed by atoms with Crippen molar-refractivity contribution in [1.29, 1.82) is 0 Å². The minimum atomic E-state index is 0.135. The van der Waals surface area contributed by atoms with Crippen molar-refractivity contribution in [2.75, 3.05) is 33.3 Å². The van der Waals surface area contributed by atoms with Crippen molar-refractivity contribution >= 4 is 21.8 Å². The number of ether oxygens (including phenoxy) is 1. The van der Waals surface area contributed by atoms with Crippen LogP contribution in [0.3, 0.4) is 0 Å². The lowest BCUT2D eigenvalue weighted by molar-refractivity contribution is -0.138. The first-order valence-corrected chi connectivity index (χ1v) is 10.3. The number of carbonyl (C=O) groups is 1. The zero-order chi connectivity index (χ0) is 18.7. The number of carbonyl (C=O) groups excluding carboxylic acids is 1. The van der Waals surface area contributed by atoms with E-state index in [9.17, 15) is 9.90 Å². The number of phenols is 1. The summed E-state index contributed by atoms with van der Waals surface area (Å²) in [7, 11) is 1.56. The van der Waals surface area contributed by atoms with Crippen molar-refractivity contribution in [3.63, 3.8) is 0 Å². The molecule has 0 unspecified atom stereocenters. The van der Waals surface area contributed by atoms with E-state index in [2.05, 4.69) is 32.7 Å². The highest BCUT2D eigenvalue weighted by atomic mass is 79.9. The van der Waals surface area contributed by atoms with Crippen LogP contribution in [0.5, 0.6) is 11.5 Å². The van der Waals surface area contributed by atoms with Gasteiger partial charge in [-0.3, -0.25) is 9.69 Å². The lowest BCUT2D eigenvalue weighted by Gasteiger charge is -2.37. The Labute approximate surface area is 164 Å². The molecule has 1 N–H and O–H groups in total. The van der Waals surface area contributed by atoms with Crippen LogP contribution in [0.25, 0.3) is 0 Å². The van der Waals surface area contributed by atoms with Crippen molar-refractivity contribution < 1.29 is 14.6 Å². The molecule has 144 valence electrons. The van der Waals surface area contributed by atoms with Gasteiger partial charge in [0.15, 0.2) is 11.5 Å². The predicted octanol–water partition coefficient (Wildman–Crippen LogP) is 3.63. The number of halogens is 1. The smallest absolute Gasteiger partial charge is 0.225 e. The Bertz CT molecular complexity index is 644. The normalized spacial score (nSPS) is 22.4. The van der Waals surface area contributed by atoms with Crippen LogP contribution in [-0.2, 0) is 11.3 Å². The fourth-order valence-corrected chi connectivity index (χ4v) is 4.61. The summed E-state index contributed by atoms with van der Waals surface area (Å²) in [5.74, 6) is 1.80. The Balaban J connectivity index is 1.54. The first kappa shape index (κ1) is 19.5. The van der Waals surface area contributed by atoms with Gasteiger partial charge in [-0.15, -0.1) is 0 Å².